The summed E-state index contributed by atoms with van der Waals surface area (Å²) >= 11 is 1.85. The maximum absolute atomic E-state index is 12.7. The Kier molecular flexibility index (Phi) is 6.80. The van der Waals surface area contributed by atoms with E-state index >= 15 is 0 Å². The van der Waals surface area contributed by atoms with Crippen LogP contribution in [-0.2, 0) is 9.53 Å². The number of hydrogen-bond acceptors (Lipinski definition) is 3. The van der Waals surface area contributed by atoms with E-state index in [1.54, 1.807) is 7.11 Å². The molecule has 0 amide bonds. The minimum atomic E-state index is 0.0911. The molecule has 4 atom stereocenters. The second-order valence-corrected chi connectivity index (χ2v) is 8.72. The summed E-state index contributed by atoms with van der Waals surface area (Å²) in [7, 11) is 1.73. The van der Waals surface area contributed by atoms with Crippen LogP contribution in [0.5, 0.6) is 0 Å². The monoisotopic (exact) mass is 298 g/mol. The molecular formula is C17H30O2S. The Hall–Kier alpha value is -0.280. The SMILES string of the molecule is COCC(C)SC(C)CC(=O)C1C(C)C=CCC1(C)C. The van der Waals surface area contributed by atoms with Gasteiger partial charge >= 0.3 is 0 Å². The Morgan fingerprint density at radius 2 is 2.05 bits per heavy atom. The summed E-state index contributed by atoms with van der Waals surface area (Å²) in [6.45, 7) is 11.7. The highest BCUT2D eigenvalue weighted by molar-refractivity contribution is 8.00. The molecule has 1 aliphatic rings. The third kappa shape index (κ3) is 4.92. The average Bonchev–Trinajstić information content (AvgIpc) is 2.26. The molecule has 1 rings (SSSR count). The summed E-state index contributed by atoms with van der Waals surface area (Å²) in [6, 6.07) is 0. The zero-order valence-corrected chi connectivity index (χ0v) is 14.6. The second kappa shape index (κ2) is 7.65. The first kappa shape index (κ1) is 17.8. The fraction of sp³-hybridized carbons (Fsp3) is 0.824. The summed E-state index contributed by atoms with van der Waals surface area (Å²) in [6.07, 6.45) is 6.12. The molecule has 20 heavy (non-hydrogen) atoms. The molecule has 0 N–H and O–H groups in total. The predicted octanol–water partition coefficient (Wildman–Crippen LogP) is 4.34. The highest BCUT2D eigenvalue weighted by atomic mass is 32.2. The number of thioether (sulfide) groups is 1. The lowest BCUT2D eigenvalue weighted by Crippen LogP contribution is -2.38. The Morgan fingerprint density at radius 1 is 1.40 bits per heavy atom. The average molecular weight is 298 g/mol. The lowest BCUT2D eigenvalue weighted by atomic mass is 9.65. The van der Waals surface area contributed by atoms with Gasteiger partial charge in [-0.1, -0.05) is 46.8 Å². The summed E-state index contributed by atoms with van der Waals surface area (Å²) in [5.41, 5.74) is 0.0911. The van der Waals surface area contributed by atoms with Crippen molar-refractivity contribution in [2.45, 2.75) is 58.0 Å². The van der Waals surface area contributed by atoms with Crippen molar-refractivity contribution in [2.24, 2.45) is 17.3 Å². The van der Waals surface area contributed by atoms with Crippen molar-refractivity contribution in [2.75, 3.05) is 13.7 Å². The minimum Gasteiger partial charge on any atom is -0.384 e. The number of hydrogen-bond donors (Lipinski definition) is 0. The Morgan fingerprint density at radius 3 is 2.60 bits per heavy atom. The summed E-state index contributed by atoms with van der Waals surface area (Å²) in [4.78, 5) is 12.7. The maximum Gasteiger partial charge on any atom is 0.138 e. The van der Waals surface area contributed by atoms with Gasteiger partial charge in [0, 0.05) is 29.9 Å². The molecular weight excluding hydrogens is 268 g/mol. The van der Waals surface area contributed by atoms with Crippen LogP contribution in [0.4, 0.5) is 0 Å². The molecule has 4 unspecified atom stereocenters. The van der Waals surface area contributed by atoms with Crippen LogP contribution in [0.2, 0.25) is 0 Å². The molecule has 0 aromatic heterocycles. The van der Waals surface area contributed by atoms with E-state index in [2.05, 4.69) is 46.8 Å². The maximum atomic E-state index is 12.7. The van der Waals surface area contributed by atoms with Crippen LogP contribution in [0.25, 0.3) is 0 Å². The van der Waals surface area contributed by atoms with Gasteiger partial charge in [0.1, 0.15) is 5.78 Å². The van der Waals surface area contributed by atoms with E-state index in [9.17, 15) is 4.79 Å². The molecule has 0 spiro atoms. The van der Waals surface area contributed by atoms with Gasteiger partial charge in [-0.3, -0.25) is 4.79 Å². The quantitative estimate of drug-likeness (QED) is 0.654. The number of rotatable bonds is 7. The third-order valence-corrected chi connectivity index (χ3v) is 5.38. The molecule has 2 nitrogen and oxygen atoms in total. The molecule has 1 aliphatic carbocycles. The Bertz CT molecular complexity index is 349. The van der Waals surface area contributed by atoms with Crippen LogP contribution in [-0.4, -0.2) is 30.0 Å². The zero-order chi connectivity index (χ0) is 15.3. The first-order chi connectivity index (χ1) is 9.27. The third-order valence-electron chi connectivity index (χ3n) is 4.15. The van der Waals surface area contributed by atoms with Crippen LogP contribution in [0, 0.1) is 17.3 Å². The molecule has 0 saturated heterocycles. The smallest absolute Gasteiger partial charge is 0.138 e. The van der Waals surface area contributed by atoms with Gasteiger partial charge in [0.15, 0.2) is 0 Å². The Labute approximate surface area is 128 Å². The van der Waals surface area contributed by atoms with Gasteiger partial charge in [-0.2, -0.15) is 11.8 Å². The number of methoxy groups -OCH3 is 1. The number of ether oxygens (including phenoxy) is 1. The fourth-order valence-corrected chi connectivity index (χ4v) is 4.66. The molecule has 0 radical (unpaired) electrons. The van der Waals surface area contributed by atoms with Gasteiger partial charge in [-0.15, -0.1) is 0 Å². The van der Waals surface area contributed by atoms with Crippen LogP contribution < -0.4 is 0 Å². The number of Topliss-reactive ketones (excluding diaryl/α,β-unsaturated/α-hetero) is 1. The van der Waals surface area contributed by atoms with Crippen molar-refractivity contribution < 1.29 is 9.53 Å². The second-order valence-electron chi connectivity index (χ2n) is 6.84. The normalized spacial score (nSPS) is 28.1. The standard InChI is InChI=1S/C17H30O2S/c1-12-8-7-9-17(4,5)16(12)15(18)10-13(2)20-14(3)11-19-6/h7-8,12-14,16H,9-11H2,1-6H3. The van der Waals surface area contributed by atoms with Gasteiger partial charge in [0.2, 0.25) is 0 Å². The number of carbonyl (C=O) groups is 1. The van der Waals surface area contributed by atoms with Gasteiger partial charge < -0.3 is 4.74 Å². The van der Waals surface area contributed by atoms with Crippen molar-refractivity contribution in [3.63, 3.8) is 0 Å². The van der Waals surface area contributed by atoms with E-state index in [0.717, 1.165) is 13.0 Å². The van der Waals surface area contributed by atoms with Gasteiger partial charge in [0.25, 0.3) is 0 Å². The summed E-state index contributed by atoms with van der Waals surface area (Å²) < 4.78 is 5.16. The van der Waals surface area contributed by atoms with Crippen molar-refractivity contribution in [1.29, 1.82) is 0 Å². The molecule has 0 heterocycles. The van der Waals surface area contributed by atoms with E-state index in [1.165, 1.54) is 0 Å². The van der Waals surface area contributed by atoms with E-state index < -0.39 is 0 Å². The van der Waals surface area contributed by atoms with Crippen molar-refractivity contribution in [3.05, 3.63) is 12.2 Å². The van der Waals surface area contributed by atoms with Crippen LogP contribution in [0.3, 0.4) is 0 Å². The van der Waals surface area contributed by atoms with E-state index in [4.69, 9.17) is 4.74 Å². The molecule has 3 heteroatoms. The highest BCUT2D eigenvalue weighted by Crippen LogP contribution is 2.42. The molecule has 0 saturated carbocycles. The largest absolute Gasteiger partial charge is 0.384 e. The van der Waals surface area contributed by atoms with Crippen molar-refractivity contribution in [1.82, 2.24) is 0 Å². The highest BCUT2D eigenvalue weighted by Gasteiger charge is 2.39. The summed E-state index contributed by atoms with van der Waals surface area (Å²) in [5, 5.41) is 0.807. The number of ketones is 1. The lowest BCUT2D eigenvalue weighted by Gasteiger charge is -2.39. The van der Waals surface area contributed by atoms with E-state index in [0.29, 0.717) is 28.6 Å². The minimum absolute atomic E-state index is 0.0911. The van der Waals surface area contributed by atoms with Gasteiger partial charge in [-0.25, -0.2) is 0 Å². The Balaban J connectivity index is 2.59. The van der Waals surface area contributed by atoms with Gasteiger partial charge in [0.05, 0.1) is 6.61 Å². The first-order valence-corrected chi connectivity index (χ1v) is 8.56. The van der Waals surface area contributed by atoms with E-state index in [-0.39, 0.29) is 11.3 Å². The number of carbonyl (C=O) groups excluding carboxylic acids is 1. The molecule has 116 valence electrons. The van der Waals surface area contributed by atoms with Crippen LogP contribution in [0.15, 0.2) is 12.2 Å². The molecule has 0 aromatic carbocycles. The van der Waals surface area contributed by atoms with Gasteiger partial charge in [-0.05, 0) is 17.8 Å². The van der Waals surface area contributed by atoms with Crippen LogP contribution >= 0.6 is 11.8 Å². The van der Waals surface area contributed by atoms with Crippen molar-refractivity contribution >= 4 is 17.5 Å². The zero-order valence-electron chi connectivity index (χ0n) is 13.8. The van der Waals surface area contributed by atoms with Crippen LogP contribution in [0.1, 0.15) is 47.5 Å². The molecule has 0 fully saturated rings. The lowest BCUT2D eigenvalue weighted by molar-refractivity contribution is -0.128. The molecule has 0 bridgehead atoms. The van der Waals surface area contributed by atoms with Crippen molar-refractivity contribution in [3.8, 4) is 0 Å². The topological polar surface area (TPSA) is 26.3 Å². The number of allylic oxidation sites excluding steroid dienone is 2. The summed E-state index contributed by atoms with van der Waals surface area (Å²) in [5.74, 6) is 0.949. The molecule has 0 aliphatic heterocycles. The molecule has 0 aromatic rings. The first-order valence-electron chi connectivity index (χ1n) is 7.61. The fourth-order valence-electron chi connectivity index (χ4n) is 3.39. The van der Waals surface area contributed by atoms with E-state index in [1.807, 2.05) is 11.8 Å². The predicted molar refractivity (Wildman–Crippen MR) is 88.2 cm³/mol.